The highest BCUT2D eigenvalue weighted by Gasteiger charge is 2.24. The van der Waals surface area contributed by atoms with Gasteiger partial charge in [0.15, 0.2) is 0 Å². The number of hydrogen-bond acceptors (Lipinski definition) is 3. The van der Waals surface area contributed by atoms with E-state index in [2.05, 4.69) is 18.0 Å². The van der Waals surface area contributed by atoms with Gasteiger partial charge in [-0.1, -0.05) is 30.3 Å². The molecule has 2 aromatic carbocycles. The summed E-state index contributed by atoms with van der Waals surface area (Å²) in [4.78, 5) is 16.9. The summed E-state index contributed by atoms with van der Waals surface area (Å²) in [6.45, 7) is 2.36. The fourth-order valence-corrected chi connectivity index (χ4v) is 2.72. The molecule has 0 fully saturated rings. The summed E-state index contributed by atoms with van der Waals surface area (Å²) in [7, 11) is 2.07. The molecule has 0 aromatic heterocycles. The third kappa shape index (κ3) is 2.62. The van der Waals surface area contributed by atoms with Crippen LogP contribution in [0.5, 0.6) is 0 Å². The second kappa shape index (κ2) is 5.58. The van der Waals surface area contributed by atoms with Gasteiger partial charge in [0.2, 0.25) is 0 Å². The first kappa shape index (κ1) is 13.6. The molecule has 4 heteroatoms. The van der Waals surface area contributed by atoms with Gasteiger partial charge in [-0.3, -0.25) is 4.79 Å². The number of carbonyl (C=O) groups is 1. The molecule has 3 rings (SSSR count). The van der Waals surface area contributed by atoms with Gasteiger partial charge in [0.05, 0.1) is 5.56 Å². The predicted molar refractivity (Wildman–Crippen MR) is 85.3 cm³/mol. The number of nitrogens with zero attached hydrogens (tertiary/aromatic N) is 2. The molecule has 0 unspecified atom stereocenters. The molecule has 21 heavy (non-hydrogen) atoms. The highest BCUT2D eigenvalue weighted by atomic mass is 16.2. The molecule has 0 bridgehead atoms. The lowest BCUT2D eigenvalue weighted by molar-refractivity contribution is 0.0987. The second-order valence-electron chi connectivity index (χ2n) is 5.41. The number of nitrogens with two attached hydrogens (primary N) is 1. The number of likely N-dealkylation sites (N-methyl/N-ethyl adjacent to an activating group) is 1. The maximum absolute atomic E-state index is 12.9. The van der Waals surface area contributed by atoms with E-state index in [9.17, 15) is 4.79 Å². The lowest BCUT2D eigenvalue weighted by atomic mass is 10.1. The summed E-state index contributed by atoms with van der Waals surface area (Å²) in [5.74, 6) is -0.0316. The number of carbonyl (C=O) groups excluding carboxylic acids is 1. The van der Waals surface area contributed by atoms with Crippen molar-refractivity contribution in [2.24, 2.45) is 0 Å². The average molecular weight is 281 g/mol. The molecule has 2 aromatic rings. The summed E-state index contributed by atoms with van der Waals surface area (Å²) in [6.07, 6.45) is 0. The Hall–Kier alpha value is -2.33. The highest BCUT2D eigenvalue weighted by Crippen LogP contribution is 2.27. The summed E-state index contributed by atoms with van der Waals surface area (Å²) < 4.78 is 0. The van der Waals surface area contributed by atoms with E-state index < -0.39 is 0 Å². The van der Waals surface area contributed by atoms with Crippen molar-refractivity contribution in [1.82, 2.24) is 4.90 Å². The van der Waals surface area contributed by atoms with E-state index in [-0.39, 0.29) is 5.91 Å². The van der Waals surface area contributed by atoms with Gasteiger partial charge >= 0.3 is 0 Å². The molecule has 0 saturated heterocycles. The lowest BCUT2D eigenvalue weighted by Crippen LogP contribution is -2.35. The van der Waals surface area contributed by atoms with Crippen LogP contribution >= 0.6 is 0 Å². The molecule has 0 atom stereocenters. The number of fused-ring (bicyclic) bond motifs is 1. The summed E-state index contributed by atoms with van der Waals surface area (Å²) in [6, 6.07) is 15.3. The number of anilines is 2. The van der Waals surface area contributed by atoms with Crippen molar-refractivity contribution in [1.29, 1.82) is 0 Å². The molecule has 0 aliphatic carbocycles. The maximum Gasteiger partial charge on any atom is 0.260 e. The van der Waals surface area contributed by atoms with Gasteiger partial charge in [0.25, 0.3) is 5.91 Å². The van der Waals surface area contributed by atoms with Crippen molar-refractivity contribution in [3.63, 3.8) is 0 Å². The summed E-state index contributed by atoms with van der Waals surface area (Å²) in [5.41, 5.74) is 9.20. The van der Waals surface area contributed by atoms with Crippen molar-refractivity contribution in [3.8, 4) is 0 Å². The largest absolute Gasteiger partial charge is 0.398 e. The first-order valence-electron chi connectivity index (χ1n) is 7.09. The van der Waals surface area contributed by atoms with Crippen molar-refractivity contribution < 1.29 is 4.79 Å². The zero-order chi connectivity index (χ0) is 14.8. The Labute approximate surface area is 124 Å². The molecule has 108 valence electrons. The average Bonchev–Trinajstić information content (AvgIpc) is 2.65. The molecular weight excluding hydrogens is 262 g/mol. The lowest BCUT2D eigenvalue weighted by Gasteiger charge is -2.23. The fraction of sp³-hybridized carbons (Fsp3) is 0.235. The molecule has 0 spiro atoms. The van der Waals surface area contributed by atoms with Crippen LogP contribution in [0.4, 0.5) is 11.4 Å². The van der Waals surface area contributed by atoms with Gasteiger partial charge in [-0.15, -0.1) is 0 Å². The van der Waals surface area contributed by atoms with Crippen molar-refractivity contribution in [3.05, 3.63) is 59.7 Å². The molecule has 2 N–H and O–H groups in total. The fourth-order valence-electron chi connectivity index (χ4n) is 2.72. The Bertz CT molecular complexity index is 669. The molecular formula is C17H19N3O. The molecule has 1 amide bonds. The first-order valence-corrected chi connectivity index (χ1v) is 7.09. The Balaban J connectivity index is 2.02. The van der Waals surface area contributed by atoms with E-state index in [1.807, 2.05) is 35.2 Å². The molecule has 0 saturated carbocycles. The van der Waals surface area contributed by atoms with E-state index in [4.69, 9.17) is 5.73 Å². The Morgan fingerprint density at radius 1 is 1.05 bits per heavy atom. The van der Waals surface area contributed by atoms with E-state index >= 15 is 0 Å². The van der Waals surface area contributed by atoms with Crippen LogP contribution in [0.3, 0.4) is 0 Å². The third-order valence-corrected chi connectivity index (χ3v) is 3.86. The first-order chi connectivity index (χ1) is 10.2. The third-order valence-electron chi connectivity index (χ3n) is 3.86. The highest BCUT2D eigenvalue weighted by molar-refractivity contribution is 6.09. The van der Waals surface area contributed by atoms with Crippen LogP contribution in [0.2, 0.25) is 0 Å². The summed E-state index contributed by atoms with van der Waals surface area (Å²) in [5, 5.41) is 0. The maximum atomic E-state index is 12.9. The van der Waals surface area contributed by atoms with Gasteiger partial charge in [-0.05, 0) is 30.8 Å². The predicted octanol–water partition coefficient (Wildman–Crippen LogP) is 2.36. The molecule has 1 heterocycles. The molecule has 1 aliphatic heterocycles. The van der Waals surface area contributed by atoms with Crippen LogP contribution in [0.25, 0.3) is 0 Å². The van der Waals surface area contributed by atoms with Gasteiger partial charge in [-0.25, -0.2) is 0 Å². The SMILES string of the molecule is CN1CCN(C(=O)c2ccccc2N)c2ccccc2C1. The minimum absolute atomic E-state index is 0.0316. The van der Waals surface area contributed by atoms with E-state index in [0.717, 1.165) is 18.8 Å². The van der Waals surface area contributed by atoms with Crippen molar-refractivity contribution in [2.45, 2.75) is 6.54 Å². The number of para-hydroxylation sites is 2. The van der Waals surface area contributed by atoms with Crippen LogP contribution in [0.15, 0.2) is 48.5 Å². The minimum Gasteiger partial charge on any atom is -0.398 e. The van der Waals surface area contributed by atoms with E-state index in [1.165, 1.54) is 5.56 Å². The number of hydrogen-bond donors (Lipinski definition) is 1. The number of benzene rings is 2. The molecule has 4 nitrogen and oxygen atoms in total. The van der Waals surface area contributed by atoms with Crippen LogP contribution in [0.1, 0.15) is 15.9 Å². The van der Waals surface area contributed by atoms with Crippen molar-refractivity contribution in [2.75, 3.05) is 30.8 Å². The topological polar surface area (TPSA) is 49.6 Å². The zero-order valence-electron chi connectivity index (χ0n) is 12.1. The number of amides is 1. The van der Waals surface area contributed by atoms with Gasteiger partial charge < -0.3 is 15.5 Å². The summed E-state index contributed by atoms with van der Waals surface area (Å²) >= 11 is 0. The monoisotopic (exact) mass is 281 g/mol. The Morgan fingerprint density at radius 2 is 1.76 bits per heavy atom. The number of rotatable bonds is 1. The Morgan fingerprint density at radius 3 is 2.57 bits per heavy atom. The number of nitrogen functional groups attached to an aromatic ring is 1. The zero-order valence-corrected chi connectivity index (χ0v) is 12.1. The van der Waals surface area contributed by atoms with Crippen LogP contribution in [0, 0.1) is 0 Å². The van der Waals surface area contributed by atoms with Crippen LogP contribution < -0.4 is 10.6 Å². The van der Waals surface area contributed by atoms with Gasteiger partial charge in [0.1, 0.15) is 0 Å². The molecule has 0 radical (unpaired) electrons. The van der Waals surface area contributed by atoms with E-state index in [0.29, 0.717) is 17.8 Å². The van der Waals surface area contributed by atoms with Crippen LogP contribution in [-0.4, -0.2) is 30.9 Å². The normalized spacial score (nSPS) is 15.4. The van der Waals surface area contributed by atoms with E-state index in [1.54, 1.807) is 12.1 Å². The van der Waals surface area contributed by atoms with Crippen molar-refractivity contribution >= 4 is 17.3 Å². The standard InChI is InChI=1S/C17H19N3O/c1-19-10-11-20(16-9-5-2-6-13(16)12-19)17(21)14-7-3-4-8-15(14)18/h2-9H,10-12,18H2,1H3. The molecule has 1 aliphatic rings. The smallest absolute Gasteiger partial charge is 0.260 e. The minimum atomic E-state index is -0.0316. The second-order valence-corrected chi connectivity index (χ2v) is 5.41. The van der Waals surface area contributed by atoms with Gasteiger partial charge in [-0.2, -0.15) is 0 Å². The van der Waals surface area contributed by atoms with Crippen LogP contribution in [-0.2, 0) is 6.54 Å². The quantitative estimate of drug-likeness (QED) is 0.816. The Kier molecular flexibility index (Phi) is 3.62. The van der Waals surface area contributed by atoms with Gasteiger partial charge in [0, 0.05) is 31.0 Å².